The Morgan fingerprint density at radius 3 is 2.58 bits per heavy atom. The number of benzene rings is 1. The molecule has 0 amide bonds. The third-order valence-corrected chi connectivity index (χ3v) is 4.18. The molecule has 1 aliphatic rings. The molecule has 0 saturated carbocycles. The molecule has 19 heavy (non-hydrogen) atoms. The minimum atomic E-state index is -1.16. The first-order valence-electron chi connectivity index (χ1n) is 6.11. The minimum absolute atomic E-state index is 0.424. The Morgan fingerprint density at radius 2 is 2.00 bits per heavy atom. The van der Waals surface area contributed by atoms with Crippen LogP contribution in [0.2, 0.25) is 10.0 Å². The van der Waals surface area contributed by atoms with Crippen molar-refractivity contribution in [3.8, 4) is 0 Å². The van der Waals surface area contributed by atoms with Crippen LogP contribution in [0.1, 0.15) is 12.5 Å². The van der Waals surface area contributed by atoms with Gasteiger partial charge in [0.2, 0.25) is 0 Å². The quantitative estimate of drug-likeness (QED) is 0.899. The Balaban J connectivity index is 2.48. The molecule has 2 rings (SSSR count). The van der Waals surface area contributed by atoms with Gasteiger partial charge in [-0.2, -0.15) is 0 Å². The van der Waals surface area contributed by atoms with Gasteiger partial charge in [0.15, 0.2) is 0 Å². The van der Waals surface area contributed by atoms with Gasteiger partial charge in [-0.05, 0) is 25.1 Å². The Hall–Kier alpha value is -0.810. The summed E-state index contributed by atoms with van der Waals surface area (Å²) in [5.74, 6) is -0.918. The van der Waals surface area contributed by atoms with E-state index < -0.39 is 11.5 Å². The van der Waals surface area contributed by atoms with Crippen LogP contribution in [0.4, 0.5) is 0 Å². The van der Waals surface area contributed by atoms with Crippen molar-refractivity contribution < 1.29 is 9.90 Å². The molecule has 1 unspecified atom stereocenters. The number of carboxylic acids is 1. The molecule has 6 heteroatoms. The molecular formula is C13H16Cl2N2O2. The lowest BCUT2D eigenvalue weighted by atomic mass is 9.89. The number of hydrogen-bond donors (Lipinski definition) is 2. The van der Waals surface area contributed by atoms with E-state index in [0.29, 0.717) is 28.7 Å². The van der Waals surface area contributed by atoms with E-state index in [0.717, 1.165) is 13.1 Å². The first kappa shape index (κ1) is 14.6. The molecule has 4 nitrogen and oxygen atoms in total. The lowest BCUT2D eigenvalue weighted by Crippen LogP contribution is -2.56. The number of piperazine rings is 1. The van der Waals surface area contributed by atoms with Crippen LogP contribution in [-0.2, 0) is 10.3 Å². The monoisotopic (exact) mass is 302 g/mol. The number of carboxylic acid groups (broad SMARTS) is 1. The predicted molar refractivity (Wildman–Crippen MR) is 75.9 cm³/mol. The zero-order valence-corrected chi connectivity index (χ0v) is 12.1. The van der Waals surface area contributed by atoms with Gasteiger partial charge in [-0.3, -0.25) is 4.90 Å². The van der Waals surface area contributed by atoms with Crippen LogP contribution in [0, 0.1) is 0 Å². The second kappa shape index (κ2) is 5.67. The summed E-state index contributed by atoms with van der Waals surface area (Å²) in [5, 5.41) is 13.8. The molecule has 1 aromatic carbocycles. The smallest absolute Gasteiger partial charge is 0.328 e. The topological polar surface area (TPSA) is 52.6 Å². The molecule has 1 atom stereocenters. The molecule has 2 N–H and O–H groups in total. The van der Waals surface area contributed by atoms with Gasteiger partial charge in [-0.1, -0.05) is 23.2 Å². The second-order valence-electron chi connectivity index (χ2n) is 4.74. The van der Waals surface area contributed by atoms with E-state index in [-0.39, 0.29) is 0 Å². The van der Waals surface area contributed by atoms with Crippen LogP contribution < -0.4 is 5.32 Å². The van der Waals surface area contributed by atoms with Crippen molar-refractivity contribution in [2.45, 2.75) is 12.5 Å². The number of hydrogen-bond acceptors (Lipinski definition) is 3. The number of carbonyl (C=O) groups is 1. The Morgan fingerprint density at radius 1 is 1.37 bits per heavy atom. The zero-order valence-electron chi connectivity index (χ0n) is 10.6. The zero-order chi connectivity index (χ0) is 14.0. The molecule has 1 heterocycles. The highest BCUT2D eigenvalue weighted by Crippen LogP contribution is 2.35. The van der Waals surface area contributed by atoms with Crippen LogP contribution in [0.5, 0.6) is 0 Å². The van der Waals surface area contributed by atoms with Gasteiger partial charge in [0.25, 0.3) is 0 Å². The van der Waals surface area contributed by atoms with Crippen molar-refractivity contribution in [1.29, 1.82) is 0 Å². The van der Waals surface area contributed by atoms with Gasteiger partial charge in [-0.15, -0.1) is 0 Å². The van der Waals surface area contributed by atoms with E-state index in [4.69, 9.17) is 23.2 Å². The average Bonchev–Trinajstić information content (AvgIpc) is 2.41. The summed E-state index contributed by atoms with van der Waals surface area (Å²) in [4.78, 5) is 13.7. The summed E-state index contributed by atoms with van der Waals surface area (Å²) in [5.41, 5.74) is -0.625. The summed E-state index contributed by atoms with van der Waals surface area (Å²) in [6.07, 6.45) is 0. The lowest BCUT2D eigenvalue weighted by molar-refractivity contribution is -0.151. The molecule has 0 radical (unpaired) electrons. The number of rotatable bonds is 3. The van der Waals surface area contributed by atoms with Crippen molar-refractivity contribution in [3.63, 3.8) is 0 Å². The maximum Gasteiger partial charge on any atom is 0.328 e. The molecule has 1 saturated heterocycles. The summed E-state index contributed by atoms with van der Waals surface area (Å²) < 4.78 is 0. The molecule has 0 bridgehead atoms. The summed E-state index contributed by atoms with van der Waals surface area (Å²) >= 11 is 12.2. The highest BCUT2D eigenvalue weighted by Gasteiger charge is 2.43. The highest BCUT2D eigenvalue weighted by molar-refractivity contribution is 6.33. The molecule has 1 aliphatic heterocycles. The standard InChI is InChI=1S/C13H16Cl2N2O2/c1-13(12(18)19,17-6-4-16-5-7-17)10-8-9(14)2-3-11(10)15/h2-3,8,16H,4-7H2,1H3,(H,18,19). The normalized spacial score (nSPS) is 19.9. The van der Waals surface area contributed by atoms with E-state index in [1.54, 1.807) is 25.1 Å². The third kappa shape index (κ3) is 2.72. The van der Waals surface area contributed by atoms with Crippen LogP contribution in [0.15, 0.2) is 18.2 Å². The van der Waals surface area contributed by atoms with E-state index >= 15 is 0 Å². The van der Waals surface area contributed by atoms with Gasteiger partial charge in [0.1, 0.15) is 5.54 Å². The first-order valence-corrected chi connectivity index (χ1v) is 6.86. The molecule has 104 valence electrons. The molecule has 0 aliphatic carbocycles. The van der Waals surface area contributed by atoms with Crippen molar-refractivity contribution >= 4 is 29.2 Å². The van der Waals surface area contributed by atoms with E-state index in [9.17, 15) is 9.90 Å². The van der Waals surface area contributed by atoms with Gasteiger partial charge in [0, 0.05) is 41.8 Å². The van der Waals surface area contributed by atoms with Gasteiger partial charge < -0.3 is 10.4 Å². The molecular weight excluding hydrogens is 287 g/mol. The summed E-state index contributed by atoms with van der Waals surface area (Å²) in [6, 6.07) is 4.94. The number of nitrogens with zero attached hydrogens (tertiary/aromatic N) is 1. The molecule has 1 fully saturated rings. The van der Waals surface area contributed by atoms with Gasteiger partial charge in [-0.25, -0.2) is 4.79 Å². The molecule has 0 aromatic heterocycles. The van der Waals surface area contributed by atoms with E-state index in [1.807, 2.05) is 4.90 Å². The summed E-state index contributed by atoms with van der Waals surface area (Å²) in [7, 11) is 0. The Kier molecular flexibility index (Phi) is 4.36. The average molecular weight is 303 g/mol. The fraction of sp³-hybridized carbons (Fsp3) is 0.462. The second-order valence-corrected chi connectivity index (χ2v) is 5.58. The van der Waals surface area contributed by atoms with Crippen LogP contribution in [0.3, 0.4) is 0 Å². The first-order chi connectivity index (χ1) is 8.96. The van der Waals surface area contributed by atoms with Crippen LogP contribution in [-0.4, -0.2) is 42.2 Å². The van der Waals surface area contributed by atoms with Gasteiger partial charge >= 0.3 is 5.97 Å². The van der Waals surface area contributed by atoms with E-state index in [1.165, 1.54) is 0 Å². The van der Waals surface area contributed by atoms with Gasteiger partial charge in [0.05, 0.1) is 0 Å². The molecule has 0 spiro atoms. The summed E-state index contributed by atoms with van der Waals surface area (Å²) in [6.45, 7) is 4.53. The number of halogens is 2. The van der Waals surface area contributed by atoms with Crippen molar-refractivity contribution in [2.24, 2.45) is 0 Å². The third-order valence-electron chi connectivity index (χ3n) is 3.62. The fourth-order valence-corrected chi connectivity index (χ4v) is 2.88. The SMILES string of the molecule is CC(C(=O)O)(c1cc(Cl)ccc1Cl)N1CCNCC1. The number of aliphatic carboxylic acids is 1. The van der Waals surface area contributed by atoms with Crippen molar-refractivity contribution in [2.75, 3.05) is 26.2 Å². The van der Waals surface area contributed by atoms with Crippen molar-refractivity contribution in [1.82, 2.24) is 10.2 Å². The Labute approximate surface area is 122 Å². The van der Waals surface area contributed by atoms with Crippen molar-refractivity contribution in [3.05, 3.63) is 33.8 Å². The highest BCUT2D eigenvalue weighted by atomic mass is 35.5. The predicted octanol–water partition coefficient (Wildman–Crippen LogP) is 2.20. The van der Waals surface area contributed by atoms with Crippen LogP contribution in [0.25, 0.3) is 0 Å². The van der Waals surface area contributed by atoms with Crippen LogP contribution >= 0.6 is 23.2 Å². The largest absolute Gasteiger partial charge is 0.480 e. The molecule has 1 aromatic rings. The maximum absolute atomic E-state index is 11.8. The lowest BCUT2D eigenvalue weighted by Gasteiger charge is -2.41. The fourth-order valence-electron chi connectivity index (χ4n) is 2.40. The maximum atomic E-state index is 11.8. The Bertz CT molecular complexity index is 490. The number of nitrogens with one attached hydrogen (secondary N) is 1. The van der Waals surface area contributed by atoms with E-state index in [2.05, 4.69) is 5.32 Å². The minimum Gasteiger partial charge on any atom is -0.480 e.